The second-order valence-electron chi connectivity index (χ2n) is 1.89. The van der Waals surface area contributed by atoms with Gasteiger partial charge in [-0.2, -0.15) is 0 Å². The van der Waals surface area contributed by atoms with Crippen molar-refractivity contribution in [3.8, 4) is 0 Å². The molecule has 0 aromatic heterocycles. The highest BCUT2D eigenvalue weighted by atomic mass is 14.8. The van der Waals surface area contributed by atoms with Gasteiger partial charge in [0, 0.05) is 11.9 Å². The van der Waals surface area contributed by atoms with E-state index in [0.29, 0.717) is 0 Å². The minimum absolute atomic E-state index is 0.954. The lowest BCUT2D eigenvalue weighted by Gasteiger charge is -2.04. The third-order valence-electron chi connectivity index (χ3n) is 1.03. The minimum atomic E-state index is 0.954. The van der Waals surface area contributed by atoms with Crippen molar-refractivity contribution < 1.29 is 0 Å². The summed E-state index contributed by atoms with van der Waals surface area (Å²) in [7, 11) is 0. The molecule has 1 nitrogen and oxygen atoms in total. The van der Waals surface area contributed by atoms with Crippen LogP contribution in [0.3, 0.4) is 0 Å². The molecule has 0 saturated heterocycles. The molecule has 1 heterocycles. The molecule has 0 aromatic carbocycles. The van der Waals surface area contributed by atoms with E-state index in [1.165, 1.54) is 5.57 Å². The van der Waals surface area contributed by atoms with Gasteiger partial charge in [0.05, 0.1) is 0 Å². The van der Waals surface area contributed by atoms with Gasteiger partial charge in [-0.25, -0.2) is 0 Å². The lowest BCUT2D eigenvalue weighted by Crippen LogP contribution is -2.04. The maximum atomic E-state index is 3.71. The van der Waals surface area contributed by atoms with Crippen LogP contribution in [0.1, 0.15) is 20.8 Å². The van der Waals surface area contributed by atoms with Crippen molar-refractivity contribution in [2.45, 2.75) is 20.8 Å². The summed E-state index contributed by atoms with van der Waals surface area (Å²) in [5.41, 5.74) is 2.19. The molecule has 1 rings (SSSR count). The van der Waals surface area contributed by atoms with E-state index < -0.39 is 0 Å². The van der Waals surface area contributed by atoms with Crippen LogP contribution in [0.4, 0.5) is 0 Å². The summed E-state index contributed by atoms with van der Waals surface area (Å²) >= 11 is 0. The summed E-state index contributed by atoms with van der Waals surface area (Å²) in [5, 5.41) is 2.99. The molecule has 0 spiro atoms. The van der Waals surface area contributed by atoms with E-state index in [1.807, 2.05) is 39.1 Å². The summed E-state index contributed by atoms with van der Waals surface area (Å²) in [6, 6.07) is 0. The predicted molar refractivity (Wildman–Crippen MR) is 46.5 cm³/mol. The van der Waals surface area contributed by atoms with Crippen LogP contribution < -0.4 is 5.32 Å². The van der Waals surface area contributed by atoms with Gasteiger partial charge in [0.15, 0.2) is 0 Å². The Morgan fingerprint density at radius 2 is 1.90 bits per heavy atom. The monoisotopic (exact) mass is 137 g/mol. The molecule has 0 bridgehead atoms. The van der Waals surface area contributed by atoms with Crippen LogP contribution in [0.25, 0.3) is 0 Å². The molecule has 10 heavy (non-hydrogen) atoms. The molecular weight excluding hydrogens is 122 g/mol. The molecule has 0 aliphatic carbocycles. The fourth-order valence-electron chi connectivity index (χ4n) is 0.535. The zero-order chi connectivity index (χ0) is 7.98. The van der Waals surface area contributed by atoms with Gasteiger partial charge in [0.2, 0.25) is 0 Å². The average Bonchev–Trinajstić information content (AvgIpc) is 2.00. The smallest absolute Gasteiger partial charge is 0.0306 e. The minimum Gasteiger partial charge on any atom is -0.362 e. The molecule has 0 fully saturated rings. The Labute approximate surface area is 63.1 Å². The number of rotatable bonds is 0. The molecule has 0 radical (unpaired) electrons. The molecule has 0 aromatic rings. The van der Waals surface area contributed by atoms with Crippen molar-refractivity contribution in [2.24, 2.45) is 0 Å². The van der Waals surface area contributed by atoms with Crippen LogP contribution in [-0.4, -0.2) is 0 Å². The fraction of sp³-hybridized carbons (Fsp3) is 0.333. The summed E-state index contributed by atoms with van der Waals surface area (Å²) in [4.78, 5) is 0. The first kappa shape index (κ1) is 9.02. The zero-order valence-electron chi connectivity index (χ0n) is 6.94. The molecule has 0 unspecified atom stereocenters. The van der Waals surface area contributed by atoms with E-state index in [-0.39, 0.29) is 0 Å². The Morgan fingerprint density at radius 3 is 2.20 bits per heavy atom. The van der Waals surface area contributed by atoms with E-state index in [9.17, 15) is 0 Å². The number of allylic oxidation sites excluding steroid dienone is 3. The summed E-state index contributed by atoms with van der Waals surface area (Å²) in [6.07, 6.45) is 5.91. The first-order valence-corrected chi connectivity index (χ1v) is 3.59. The molecule has 1 aliphatic rings. The second kappa shape index (κ2) is 4.86. The molecule has 1 N–H and O–H groups in total. The van der Waals surface area contributed by atoms with Crippen LogP contribution in [-0.2, 0) is 0 Å². The third kappa shape index (κ3) is 3.13. The Morgan fingerprint density at radius 1 is 1.30 bits per heavy atom. The van der Waals surface area contributed by atoms with Crippen LogP contribution in [0.15, 0.2) is 36.2 Å². The summed E-state index contributed by atoms with van der Waals surface area (Å²) < 4.78 is 0. The second-order valence-corrected chi connectivity index (χ2v) is 1.89. The SMILES string of the molecule is C=C1C=CC(C)=CN1.CC. The van der Waals surface area contributed by atoms with Gasteiger partial charge in [-0.1, -0.05) is 26.5 Å². The standard InChI is InChI=1S/C7H9N.C2H6/c1-6-3-4-7(2)8-5-6;1-2/h3-5,8H,2H2,1H3;1-2H3. The Hall–Kier alpha value is -0.980. The average molecular weight is 137 g/mol. The molecular formula is C9H15N. The molecule has 1 heteroatoms. The van der Waals surface area contributed by atoms with Gasteiger partial charge >= 0.3 is 0 Å². The Balaban J connectivity index is 0.000000371. The molecule has 1 aliphatic heterocycles. The van der Waals surface area contributed by atoms with Crippen LogP contribution in [0, 0.1) is 0 Å². The first-order chi connectivity index (χ1) is 4.79. The van der Waals surface area contributed by atoms with E-state index in [1.54, 1.807) is 0 Å². The van der Waals surface area contributed by atoms with Gasteiger partial charge in [-0.05, 0) is 18.6 Å². The van der Waals surface area contributed by atoms with E-state index >= 15 is 0 Å². The summed E-state index contributed by atoms with van der Waals surface area (Å²) in [6.45, 7) is 9.74. The van der Waals surface area contributed by atoms with Crippen molar-refractivity contribution in [1.82, 2.24) is 5.32 Å². The first-order valence-electron chi connectivity index (χ1n) is 3.59. The molecule has 56 valence electrons. The Kier molecular flexibility index (Phi) is 4.38. The quantitative estimate of drug-likeness (QED) is 0.541. The summed E-state index contributed by atoms with van der Waals surface area (Å²) in [5.74, 6) is 0. The van der Waals surface area contributed by atoms with Crippen LogP contribution in [0.5, 0.6) is 0 Å². The predicted octanol–water partition coefficient (Wildman–Crippen LogP) is 2.59. The van der Waals surface area contributed by atoms with E-state index in [0.717, 1.165) is 5.70 Å². The normalized spacial score (nSPS) is 14.7. The van der Waals surface area contributed by atoms with Crippen LogP contribution in [0.2, 0.25) is 0 Å². The van der Waals surface area contributed by atoms with Gasteiger partial charge in [0.25, 0.3) is 0 Å². The highest BCUT2D eigenvalue weighted by molar-refractivity contribution is 5.29. The number of hydrogen-bond donors (Lipinski definition) is 1. The van der Waals surface area contributed by atoms with E-state index in [4.69, 9.17) is 0 Å². The molecule has 0 amide bonds. The maximum absolute atomic E-state index is 3.71. The maximum Gasteiger partial charge on any atom is 0.0306 e. The van der Waals surface area contributed by atoms with Crippen molar-refractivity contribution in [1.29, 1.82) is 0 Å². The van der Waals surface area contributed by atoms with Crippen molar-refractivity contribution >= 4 is 0 Å². The van der Waals surface area contributed by atoms with Crippen molar-refractivity contribution in [3.63, 3.8) is 0 Å². The van der Waals surface area contributed by atoms with Crippen molar-refractivity contribution in [3.05, 3.63) is 36.2 Å². The van der Waals surface area contributed by atoms with Crippen molar-refractivity contribution in [2.75, 3.05) is 0 Å². The Bertz CT molecular complexity index is 161. The number of hydrogen-bond acceptors (Lipinski definition) is 1. The zero-order valence-corrected chi connectivity index (χ0v) is 6.94. The lowest BCUT2D eigenvalue weighted by molar-refractivity contribution is 1.08. The lowest BCUT2D eigenvalue weighted by atomic mass is 10.2. The number of dihydropyridines is 1. The highest BCUT2D eigenvalue weighted by Crippen LogP contribution is 2.01. The highest BCUT2D eigenvalue weighted by Gasteiger charge is 1.89. The fourth-order valence-corrected chi connectivity index (χ4v) is 0.535. The van der Waals surface area contributed by atoms with E-state index in [2.05, 4.69) is 11.9 Å². The van der Waals surface area contributed by atoms with Gasteiger partial charge < -0.3 is 5.32 Å². The molecule has 0 atom stereocenters. The molecule has 0 saturated carbocycles. The topological polar surface area (TPSA) is 12.0 Å². The van der Waals surface area contributed by atoms with Gasteiger partial charge in [0.1, 0.15) is 0 Å². The largest absolute Gasteiger partial charge is 0.362 e. The van der Waals surface area contributed by atoms with Crippen LogP contribution >= 0.6 is 0 Å². The third-order valence-corrected chi connectivity index (χ3v) is 1.03. The number of nitrogens with one attached hydrogen (secondary N) is 1. The van der Waals surface area contributed by atoms with Gasteiger partial charge in [-0.3, -0.25) is 0 Å². The van der Waals surface area contributed by atoms with Gasteiger partial charge in [-0.15, -0.1) is 0 Å².